The van der Waals surface area contributed by atoms with Gasteiger partial charge in [-0.25, -0.2) is 4.98 Å². The number of nitrogens with zero attached hydrogens (tertiary/aromatic N) is 2. The number of aromatic nitrogens is 2. The molecule has 0 atom stereocenters. The quantitative estimate of drug-likeness (QED) is 0.496. The summed E-state index contributed by atoms with van der Waals surface area (Å²) >= 11 is 0. The molecule has 1 saturated heterocycles. The molecule has 0 bridgehead atoms. The fraction of sp³-hybridized carbons (Fsp3) is 0.222. The number of ether oxygens (including phenoxy) is 1. The number of nitrogens with one attached hydrogen (secondary N) is 2. The Kier molecular flexibility index (Phi) is 5.11. The molecule has 0 spiro atoms. The van der Waals surface area contributed by atoms with E-state index in [-0.39, 0.29) is 11.8 Å². The summed E-state index contributed by atoms with van der Waals surface area (Å²) < 4.78 is 5.34. The molecule has 170 valence electrons. The summed E-state index contributed by atoms with van der Waals surface area (Å²) in [6.45, 7) is 3.03. The third kappa shape index (κ3) is 3.74. The van der Waals surface area contributed by atoms with Crippen LogP contribution in [0, 0.1) is 0 Å². The molecule has 2 N–H and O–H groups in total. The molecule has 2 amide bonds. The molecule has 4 aromatic rings. The number of aromatic amines is 1. The highest BCUT2D eigenvalue weighted by Crippen LogP contribution is 2.31. The zero-order valence-electron chi connectivity index (χ0n) is 18.6. The summed E-state index contributed by atoms with van der Waals surface area (Å²) in [5, 5.41) is 5.80. The van der Waals surface area contributed by atoms with Crippen LogP contribution in [0.15, 0.2) is 48.7 Å². The molecule has 2 aliphatic rings. The van der Waals surface area contributed by atoms with Crippen molar-refractivity contribution in [1.29, 1.82) is 0 Å². The first kappa shape index (κ1) is 20.6. The Bertz CT molecular complexity index is 1460. The van der Waals surface area contributed by atoms with Gasteiger partial charge < -0.3 is 19.9 Å². The minimum absolute atomic E-state index is 0.0496. The van der Waals surface area contributed by atoms with Crippen LogP contribution < -0.4 is 5.32 Å². The Morgan fingerprint density at radius 1 is 1.09 bits per heavy atom. The average Bonchev–Trinajstić information content (AvgIpc) is 3.43. The molecule has 0 saturated carbocycles. The third-order valence-corrected chi connectivity index (χ3v) is 6.52. The second-order valence-corrected chi connectivity index (χ2v) is 8.72. The van der Waals surface area contributed by atoms with Crippen LogP contribution in [0.5, 0.6) is 0 Å². The Morgan fingerprint density at radius 2 is 1.97 bits per heavy atom. The van der Waals surface area contributed by atoms with Crippen LogP contribution in [0.25, 0.3) is 33.8 Å². The fourth-order valence-corrected chi connectivity index (χ4v) is 4.75. The van der Waals surface area contributed by atoms with E-state index >= 15 is 0 Å². The molecule has 2 aromatic carbocycles. The maximum Gasteiger partial charge on any atom is 0.254 e. The number of pyridine rings is 1. The van der Waals surface area contributed by atoms with Crippen molar-refractivity contribution < 1.29 is 14.3 Å². The minimum atomic E-state index is -0.0496. The number of hydrogen-bond acceptors (Lipinski definition) is 4. The fourth-order valence-electron chi connectivity index (χ4n) is 4.75. The van der Waals surface area contributed by atoms with Gasteiger partial charge in [0, 0.05) is 35.8 Å². The van der Waals surface area contributed by atoms with Gasteiger partial charge in [-0.2, -0.15) is 0 Å². The average molecular weight is 453 g/mol. The lowest BCUT2D eigenvalue weighted by Crippen LogP contribution is -2.41. The summed E-state index contributed by atoms with van der Waals surface area (Å²) in [6, 6.07) is 14.1. The molecular formula is C27H24N4O3. The van der Waals surface area contributed by atoms with Crippen molar-refractivity contribution in [3.63, 3.8) is 0 Å². The number of fused-ring (bicyclic) bond motifs is 5. The first-order valence-corrected chi connectivity index (χ1v) is 11.5. The molecule has 1 fully saturated rings. The molecule has 0 unspecified atom stereocenters. The number of benzene rings is 2. The number of amides is 2. The van der Waals surface area contributed by atoms with Crippen molar-refractivity contribution in [2.45, 2.75) is 13.0 Å². The molecule has 6 rings (SSSR count). The van der Waals surface area contributed by atoms with Crippen molar-refractivity contribution in [1.82, 2.24) is 20.2 Å². The summed E-state index contributed by atoms with van der Waals surface area (Å²) in [5.74, 6) is 0.0885. The minimum Gasteiger partial charge on any atom is -0.378 e. The van der Waals surface area contributed by atoms with Crippen LogP contribution in [-0.2, 0) is 22.5 Å². The van der Waals surface area contributed by atoms with Gasteiger partial charge in [0.25, 0.3) is 5.91 Å². The topological polar surface area (TPSA) is 87.3 Å². The van der Waals surface area contributed by atoms with E-state index in [2.05, 4.69) is 22.4 Å². The third-order valence-electron chi connectivity index (χ3n) is 6.52. The molecule has 2 aromatic heterocycles. The number of rotatable bonds is 4. The Labute approximate surface area is 196 Å². The van der Waals surface area contributed by atoms with E-state index < -0.39 is 0 Å². The Morgan fingerprint density at radius 3 is 2.85 bits per heavy atom. The molecule has 7 nitrogen and oxygen atoms in total. The molecule has 0 radical (unpaired) electrons. The summed E-state index contributed by atoms with van der Waals surface area (Å²) in [4.78, 5) is 34.7. The normalized spacial score (nSPS) is 15.9. The smallest absolute Gasteiger partial charge is 0.254 e. The first-order chi connectivity index (χ1) is 16.7. The highest BCUT2D eigenvalue weighted by Gasteiger charge is 2.25. The predicted molar refractivity (Wildman–Crippen MR) is 131 cm³/mol. The van der Waals surface area contributed by atoms with Gasteiger partial charge in [-0.1, -0.05) is 42.5 Å². The molecular weight excluding hydrogens is 428 g/mol. The maximum absolute atomic E-state index is 12.6. The van der Waals surface area contributed by atoms with Crippen LogP contribution in [0.3, 0.4) is 0 Å². The summed E-state index contributed by atoms with van der Waals surface area (Å²) in [5.41, 5.74) is 5.34. The van der Waals surface area contributed by atoms with E-state index in [1.807, 2.05) is 53.6 Å². The zero-order chi connectivity index (χ0) is 23.1. The van der Waals surface area contributed by atoms with E-state index in [1.165, 1.54) is 0 Å². The van der Waals surface area contributed by atoms with E-state index in [0.29, 0.717) is 44.8 Å². The van der Waals surface area contributed by atoms with Gasteiger partial charge in [0.05, 0.1) is 43.0 Å². The molecule has 34 heavy (non-hydrogen) atoms. The van der Waals surface area contributed by atoms with Gasteiger partial charge >= 0.3 is 0 Å². The van der Waals surface area contributed by atoms with Gasteiger partial charge in [-0.15, -0.1) is 0 Å². The van der Waals surface area contributed by atoms with Crippen LogP contribution in [0.2, 0.25) is 0 Å². The van der Waals surface area contributed by atoms with E-state index in [0.717, 1.165) is 44.2 Å². The van der Waals surface area contributed by atoms with Gasteiger partial charge in [0.1, 0.15) is 0 Å². The molecule has 7 heteroatoms. The lowest BCUT2D eigenvalue weighted by Gasteiger charge is -2.26. The lowest BCUT2D eigenvalue weighted by molar-refractivity contribution is -0.134. The van der Waals surface area contributed by atoms with E-state index in [1.54, 1.807) is 0 Å². The first-order valence-electron chi connectivity index (χ1n) is 11.5. The molecule has 4 heterocycles. The number of H-pyrrole nitrogens is 1. The van der Waals surface area contributed by atoms with Gasteiger partial charge in [0.15, 0.2) is 0 Å². The number of carbonyl (C=O) groups excluding carboxylic acids is 2. The molecule has 2 aliphatic heterocycles. The highest BCUT2D eigenvalue weighted by molar-refractivity contribution is 6.16. The predicted octanol–water partition coefficient (Wildman–Crippen LogP) is 3.53. The van der Waals surface area contributed by atoms with E-state index in [9.17, 15) is 9.59 Å². The number of hydrogen-bond donors (Lipinski definition) is 2. The van der Waals surface area contributed by atoms with Crippen LogP contribution in [-0.4, -0.2) is 53.0 Å². The monoisotopic (exact) mass is 452 g/mol. The van der Waals surface area contributed by atoms with Crippen molar-refractivity contribution in [2.24, 2.45) is 0 Å². The van der Waals surface area contributed by atoms with Crippen molar-refractivity contribution in [3.05, 3.63) is 76.7 Å². The van der Waals surface area contributed by atoms with Gasteiger partial charge in [-0.05, 0) is 28.7 Å². The largest absolute Gasteiger partial charge is 0.378 e. The second kappa shape index (κ2) is 8.43. The second-order valence-electron chi connectivity index (χ2n) is 8.72. The summed E-state index contributed by atoms with van der Waals surface area (Å²) in [7, 11) is 0. The lowest BCUT2D eigenvalue weighted by atomic mass is 10.0. The number of carbonyl (C=O) groups is 2. The summed E-state index contributed by atoms with van der Waals surface area (Å²) in [6.07, 6.45) is 6.41. The standard InChI is InChI=1S/C27H24N4O3/c32-24(31-8-10-34-11-9-31)13-18-3-1-2-17(12-18)4-6-20-14-22-19(15-28-20)5-7-21-25-23(30-26(21)22)16-29-27(25)33/h1-7,12,14-15,28H,8-11,13,16H2,(H,29,33)/b6-4+. The van der Waals surface area contributed by atoms with E-state index in [4.69, 9.17) is 9.72 Å². The van der Waals surface area contributed by atoms with Crippen LogP contribution in [0.4, 0.5) is 0 Å². The maximum atomic E-state index is 12.6. The van der Waals surface area contributed by atoms with Crippen LogP contribution >= 0.6 is 0 Å². The van der Waals surface area contributed by atoms with Crippen LogP contribution in [0.1, 0.15) is 32.9 Å². The van der Waals surface area contributed by atoms with Crippen molar-refractivity contribution in [2.75, 3.05) is 26.3 Å². The molecule has 0 aliphatic carbocycles. The van der Waals surface area contributed by atoms with Crippen molar-refractivity contribution in [3.8, 4) is 0 Å². The zero-order valence-corrected chi connectivity index (χ0v) is 18.6. The Balaban J connectivity index is 1.26. The highest BCUT2D eigenvalue weighted by atomic mass is 16.5. The van der Waals surface area contributed by atoms with Crippen molar-refractivity contribution >= 4 is 45.6 Å². The Hall–Kier alpha value is -3.97. The van der Waals surface area contributed by atoms with Gasteiger partial charge in [-0.3, -0.25) is 9.59 Å². The SMILES string of the molecule is O=C1NCc2nc3c(ccc4c[nH]c(/C=C/c5cccc(CC(=O)N6CCOCC6)c5)cc43)c21. The van der Waals surface area contributed by atoms with Gasteiger partial charge in [0.2, 0.25) is 5.91 Å². The number of morpholine rings is 1.